The highest BCUT2D eigenvalue weighted by molar-refractivity contribution is 5.95. The third-order valence-corrected chi connectivity index (χ3v) is 16.2. The molecule has 0 amide bonds. The summed E-state index contributed by atoms with van der Waals surface area (Å²) in [6.45, 7) is 0. The maximum atomic E-state index is 5.50. The van der Waals surface area contributed by atoms with Crippen LogP contribution in [-0.4, -0.2) is 4.98 Å². The minimum atomic E-state index is -0.645. The van der Waals surface area contributed by atoms with E-state index >= 15 is 0 Å². The number of pyridine rings is 1. The summed E-state index contributed by atoms with van der Waals surface area (Å²) in [6.07, 6.45) is 17.4. The highest BCUT2D eigenvalue weighted by Gasteiger charge is 2.48. The van der Waals surface area contributed by atoms with Crippen LogP contribution in [0, 0.1) is 0 Å². The summed E-state index contributed by atoms with van der Waals surface area (Å²) in [5.74, 6) is 0. The molecule has 364 valence electrons. The first kappa shape index (κ1) is 45.9. The highest BCUT2D eigenvalue weighted by atomic mass is 15.1. The first-order valence-corrected chi connectivity index (χ1v) is 26.9. The van der Waals surface area contributed by atoms with Crippen molar-refractivity contribution in [3.05, 3.63) is 354 Å². The standard InChI is InChI=1S/C75H54N2/c1-2-4-18-37-60(38-19-5-3-1)77(61-39-26-36-59(51-61)75(58-34-16-9-17-35-58)68-42-23-21-40-63(68)64-41-22-24-43-69(64)75)62-46-48-70-67(52-62)65-47-45-55(50-71(65)74(70,56-30-12-7-13-31-56)57-32-14-8-15-33-57)73-66(53-27-10-6-11-28-53)49-54-29-20-25-44-72(54)76-73/h1-4,6-17,19-52H,5,18H2/b3-1-,4-2-,38-19-,60-37+. The van der Waals surface area contributed by atoms with E-state index in [0.717, 1.165) is 63.2 Å². The Balaban J connectivity index is 1.02. The predicted octanol–water partition coefficient (Wildman–Crippen LogP) is 18.8. The molecule has 1 heterocycles. The Morgan fingerprint density at radius 3 is 1.57 bits per heavy atom. The van der Waals surface area contributed by atoms with E-state index in [0.29, 0.717) is 0 Å². The molecule has 11 aromatic rings. The summed E-state index contributed by atoms with van der Waals surface area (Å²) in [4.78, 5) is 7.99. The first-order valence-electron chi connectivity index (χ1n) is 26.9. The number of hydrogen-bond acceptors (Lipinski definition) is 2. The monoisotopic (exact) mass is 982 g/mol. The quantitative estimate of drug-likeness (QED) is 0.143. The minimum absolute atomic E-state index is 0.552. The van der Waals surface area contributed by atoms with E-state index < -0.39 is 10.8 Å². The van der Waals surface area contributed by atoms with Crippen LogP contribution in [0.4, 0.5) is 11.4 Å². The van der Waals surface area contributed by atoms with Gasteiger partial charge < -0.3 is 4.90 Å². The van der Waals surface area contributed by atoms with Crippen molar-refractivity contribution in [2.24, 2.45) is 0 Å². The number of benzene rings is 10. The van der Waals surface area contributed by atoms with Crippen LogP contribution in [-0.2, 0) is 10.8 Å². The van der Waals surface area contributed by atoms with Crippen LogP contribution in [0.3, 0.4) is 0 Å². The summed E-state index contributed by atoms with van der Waals surface area (Å²) in [5.41, 5.74) is 22.3. The molecule has 0 radical (unpaired) electrons. The van der Waals surface area contributed by atoms with E-state index in [4.69, 9.17) is 4.98 Å². The molecule has 0 spiro atoms. The van der Waals surface area contributed by atoms with Crippen molar-refractivity contribution >= 4 is 22.3 Å². The molecular formula is C75H54N2. The van der Waals surface area contributed by atoms with Gasteiger partial charge in [0.1, 0.15) is 0 Å². The molecule has 0 N–H and O–H groups in total. The summed E-state index contributed by atoms with van der Waals surface area (Å²) in [5, 5.41) is 1.12. The van der Waals surface area contributed by atoms with Crippen LogP contribution < -0.4 is 4.90 Å². The maximum Gasteiger partial charge on any atom is 0.0788 e. The van der Waals surface area contributed by atoms with E-state index in [1.165, 1.54) is 66.8 Å². The Labute approximate surface area is 451 Å². The molecule has 0 fully saturated rings. The summed E-state index contributed by atoms with van der Waals surface area (Å²) < 4.78 is 0. The van der Waals surface area contributed by atoms with Crippen LogP contribution in [0.15, 0.2) is 309 Å². The van der Waals surface area contributed by atoms with Crippen LogP contribution in [0.25, 0.3) is 55.5 Å². The zero-order valence-electron chi connectivity index (χ0n) is 42.7. The Bertz CT molecular complexity index is 4060. The van der Waals surface area contributed by atoms with Crippen molar-refractivity contribution in [2.45, 2.75) is 23.7 Å². The van der Waals surface area contributed by atoms with E-state index in [-0.39, 0.29) is 0 Å². The third-order valence-electron chi connectivity index (χ3n) is 16.2. The second kappa shape index (κ2) is 19.3. The lowest BCUT2D eigenvalue weighted by Gasteiger charge is -2.36. The largest absolute Gasteiger partial charge is 0.311 e. The lowest BCUT2D eigenvalue weighted by molar-refractivity contribution is 0.768. The molecule has 0 atom stereocenters. The molecule has 2 nitrogen and oxygen atoms in total. The van der Waals surface area contributed by atoms with Gasteiger partial charge in [-0.05, 0) is 134 Å². The number of rotatable bonds is 9. The van der Waals surface area contributed by atoms with Gasteiger partial charge in [-0.3, -0.25) is 0 Å². The van der Waals surface area contributed by atoms with Gasteiger partial charge in [0.2, 0.25) is 0 Å². The van der Waals surface area contributed by atoms with Crippen molar-refractivity contribution in [3.63, 3.8) is 0 Å². The van der Waals surface area contributed by atoms with Crippen LogP contribution >= 0.6 is 0 Å². The average molecular weight is 983 g/mol. The van der Waals surface area contributed by atoms with Crippen molar-refractivity contribution in [1.29, 1.82) is 0 Å². The van der Waals surface area contributed by atoms with Crippen molar-refractivity contribution < 1.29 is 0 Å². The van der Waals surface area contributed by atoms with Gasteiger partial charge in [-0.15, -0.1) is 0 Å². The van der Waals surface area contributed by atoms with Gasteiger partial charge in [-0.25, -0.2) is 4.98 Å². The fraction of sp³-hybridized carbons (Fsp3) is 0.0533. The molecular weight excluding hydrogens is 929 g/mol. The second-order valence-electron chi connectivity index (χ2n) is 20.4. The summed E-state index contributed by atoms with van der Waals surface area (Å²) in [7, 11) is 0. The third kappa shape index (κ3) is 7.51. The summed E-state index contributed by atoms with van der Waals surface area (Å²) in [6, 6.07) is 96.7. The summed E-state index contributed by atoms with van der Waals surface area (Å²) >= 11 is 0. The fourth-order valence-corrected chi connectivity index (χ4v) is 13.0. The molecule has 2 heteroatoms. The van der Waals surface area contributed by atoms with Crippen LogP contribution in [0.2, 0.25) is 0 Å². The lowest BCUT2D eigenvalue weighted by atomic mass is 9.67. The van der Waals surface area contributed by atoms with Gasteiger partial charge in [-0.1, -0.05) is 255 Å². The van der Waals surface area contributed by atoms with Crippen LogP contribution in [0.1, 0.15) is 57.3 Å². The van der Waals surface area contributed by atoms with Gasteiger partial charge >= 0.3 is 0 Å². The van der Waals surface area contributed by atoms with Gasteiger partial charge in [-0.2, -0.15) is 0 Å². The molecule has 0 bridgehead atoms. The molecule has 0 saturated carbocycles. The number of nitrogens with zero attached hydrogens (tertiary/aromatic N) is 2. The number of allylic oxidation sites excluding steroid dienone is 7. The molecule has 10 aromatic carbocycles. The van der Waals surface area contributed by atoms with Gasteiger partial charge in [0.25, 0.3) is 0 Å². The molecule has 3 aliphatic carbocycles. The second-order valence-corrected chi connectivity index (χ2v) is 20.4. The topological polar surface area (TPSA) is 16.1 Å². The molecule has 1 aromatic heterocycles. The fourth-order valence-electron chi connectivity index (χ4n) is 13.0. The van der Waals surface area contributed by atoms with Crippen molar-refractivity contribution in [1.82, 2.24) is 4.98 Å². The van der Waals surface area contributed by atoms with Gasteiger partial charge in [0, 0.05) is 33.6 Å². The maximum absolute atomic E-state index is 5.50. The molecule has 14 rings (SSSR count). The first-order chi connectivity index (χ1) is 38.2. The Kier molecular flexibility index (Phi) is 11.5. The zero-order chi connectivity index (χ0) is 51.2. The molecule has 77 heavy (non-hydrogen) atoms. The van der Waals surface area contributed by atoms with Gasteiger partial charge in [0.15, 0.2) is 0 Å². The Hall–Kier alpha value is -9.63. The normalized spacial score (nSPS) is 16.4. The average Bonchev–Trinajstić information content (AvgIpc) is 4.22. The number of para-hydroxylation sites is 1. The predicted molar refractivity (Wildman–Crippen MR) is 321 cm³/mol. The van der Waals surface area contributed by atoms with Crippen molar-refractivity contribution in [2.75, 3.05) is 4.90 Å². The SMILES string of the molecule is C1=C\C/C=C\C(N(c2cccc(C3(c4ccccc4)c4ccccc4-c4ccccc43)c2)c2ccc3c(c2)-c2ccc(-c4nc5ccccc5cc4-c4ccccc4)cc2C3(c2ccccc2)c2ccccc2)=C/C\C=C/1. The molecule has 0 unspecified atom stereocenters. The molecule has 0 aliphatic heterocycles. The van der Waals surface area contributed by atoms with E-state index in [1.807, 2.05) is 0 Å². The number of hydrogen-bond donors (Lipinski definition) is 0. The number of aromatic nitrogens is 1. The van der Waals surface area contributed by atoms with E-state index in [9.17, 15) is 0 Å². The van der Waals surface area contributed by atoms with E-state index in [1.54, 1.807) is 0 Å². The Morgan fingerprint density at radius 2 is 0.883 bits per heavy atom. The zero-order valence-corrected chi connectivity index (χ0v) is 42.7. The molecule has 0 saturated heterocycles. The molecule has 3 aliphatic rings. The lowest BCUT2D eigenvalue weighted by Crippen LogP contribution is -2.29. The number of anilines is 2. The van der Waals surface area contributed by atoms with E-state index in [2.05, 4.69) is 308 Å². The minimum Gasteiger partial charge on any atom is -0.311 e. The van der Waals surface area contributed by atoms with Gasteiger partial charge in [0.05, 0.1) is 22.0 Å². The highest BCUT2D eigenvalue weighted by Crippen LogP contribution is 2.59. The Morgan fingerprint density at radius 1 is 0.338 bits per heavy atom. The van der Waals surface area contributed by atoms with Crippen molar-refractivity contribution in [3.8, 4) is 44.6 Å². The van der Waals surface area contributed by atoms with Crippen LogP contribution in [0.5, 0.6) is 0 Å². The smallest absolute Gasteiger partial charge is 0.0788 e. The number of fused-ring (bicyclic) bond motifs is 7.